The molecule has 1 aromatic heterocycles. The van der Waals surface area contributed by atoms with Crippen molar-refractivity contribution < 1.29 is 4.39 Å². The zero-order valence-corrected chi connectivity index (χ0v) is 21.7. The molecule has 0 bridgehead atoms. The van der Waals surface area contributed by atoms with Gasteiger partial charge in [0.2, 0.25) is 0 Å². The summed E-state index contributed by atoms with van der Waals surface area (Å²) in [6, 6.07) is 10.2. The number of alkyl halides is 1. The van der Waals surface area contributed by atoms with Gasteiger partial charge in [0.15, 0.2) is 0 Å². The van der Waals surface area contributed by atoms with Crippen LogP contribution in [-0.4, -0.2) is 23.2 Å². The molecule has 3 rings (SSSR count). The van der Waals surface area contributed by atoms with Crippen LogP contribution in [0, 0.1) is 6.92 Å². The van der Waals surface area contributed by atoms with Crippen LogP contribution < -0.4 is 26.2 Å². The number of aromatic nitrogens is 1. The molecule has 35 heavy (non-hydrogen) atoms. The summed E-state index contributed by atoms with van der Waals surface area (Å²) in [4.78, 5) is 7.15. The van der Waals surface area contributed by atoms with Gasteiger partial charge in [-0.15, -0.1) is 0 Å². The molecule has 1 unspecified atom stereocenters. The van der Waals surface area contributed by atoms with Gasteiger partial charge in [0.25, 0.3) is 0 Å². The molecule has 1 aromatic carbocycles. The molecule has 1 aliphatic heterocycles. The lowest BCUT2D eigenvalue weighted by Gasteiger charge is -2.35. The van der Waals surface area contributed by atoms with Gasteiger partial charge in [-0.1, -0.05) is 46.1 Å². The van der Waals surface area contributed by atoms with Gasteiger partial charge < -0.3 is 26.2 Å². The molecular weight excluding hydrogens is 439 g/mol. The van der Waals surface area contributed by atoms with Gasteiger partial charge >= 0.3 is 0 Å². The van der Waals surface area contributed by atoms with Crippen LogP contribution in [0.1, 0.15) is 58.2 Å². The van der Waals surface area contributed by atoms with Crippen molar-refractivity contribution in [2.45, 2.75) is 65.6 Å². The minimum absolute atomic E-state index is 0.162. The molecule has 2 heterocycles. The van der Waals surface area contributed by atoms with E-state index in [0.29, 0.717) is 11.4 Å². The first kappa shape index (κ1) is 26.1. The molecular formula is C28H39FN6. The van der Waals surface area contributed by atoms with Gasteiger partial charge in [0.05, 0.1) is 22.8 Å². The van der Waals surface area contributed by atoms with E-state index in [-0.39, 0.29) is 12.6 Å². The van der Waals surface area contributed by atoms with Crippen LogP contribution in [0.5, 0.6) is 0 Å². The highest BCUT2D eigenvalue weighted by atomic mass is 19.1. The fourth-order valence-electron chi connectivity index (χ4n) is 4.13. The summed E-state index contributed by atoms with van der Waals surface area (Å²) in [5, 5.41) is 13.0. The lowest BCUT2D eigenvalue weighted by atomic mass is 10.1. The second kappa shape index (κ2) is 10.8. The Morgan fingerprint density at radius 1 is 1.14 bits per heavy atom. The van der Waals surface area contributed by atoms with Crippen LogP contribution in [0.3, 0.4) is 0 Å². The van der Waals surface area contributed by atoms with Crippen LogP contribution in [-0.2, 0) is 0 Å². The maximum atomic E-state index is 14.0. The highest BCUT2D eigenvalue weighted by Crippen LogP contribution is 2.34. The smallest absolute Gasteiger partial charge is 0.138 e. The maximum Gasteiger partial charge on any atom is 0.138 e. The van der Waals surface area contributed by atoms with E-state index < -0.39 is 5.67 Å². The molecule has 0 saturated carbocycles. The van der Waals surface area contributed by atoms with E-state index in [1.807, 2.05) is 37.3 Å². The molecule has 0 radical (unpaired) electrons. The number of halogens is 1. The molecule has 6 nitrogen and oxygen atoms in total. The van der Waals surface area contributed by atoms with E-state index in [4.69, 9.17) is 4.98 Å². The quantitative estimate of drug-likeness (QED) is 0.264. The number of aryl methyl sites for hydroxylation is 1. The summed E-state index contributed by atoms with van der Waals surface area (Å²) >= 11 is 0. The first-order valence-corrected chi connectivity index (χ1v) is 12.2. The molecule has 2 aromatic rings. The number of nitrogens with one attached hydrogen (secondary N) is 4. The summed E-state index contributed by atoms with van der Waals surface area (Å²) < 4.78 is 14.0. The highest BCUT2D eigenvalue weighted by molar-refractivity contribution is 5.82. The molecule has 0 aliphatic carbocycles. The summed E-state index contributed by atoms with van der Waals surface area (Å²) in [5.74, 6) is 2.32. The molecule has 0 spiro atoms. The Balaban J connectivity index is 1.92. The third-order valence-corrected chi connectivity index (χ3v) is 5.96. The topological polar surface area (TPSA) is 64.2 Å². The van der Waals surface area contributed by atoms with Crippen molar-refractivity contribution in [2.24, 2.45) is 0 Å². The van der Waals surface area contributed by atoms with Gasteiger partial charge in [-0.25, -0.2) is 9.37 Å². The number of benzene rings is 1. The van der Waals surface area contributed by atoms with Gasteiger partial charge in [-0.2, -0.15) is 0 Å². The van der Waals surface area contributed by atoms with Crippen LogP contribution >= 0.6 is 0 Å². The fourth-order valence-corrected chi connectivity index (χ4v) is 4.13. The predicted octanol–water partition coefficient (Wildman–Crippen LogP) is 6.98. The van der Waals surface area contributed by atoms with E-state index >= 15 is 0 Å². The van der Waals surface area contributed by atoms with E-state index in [1.54, 1.807) is 0 Å². The zero-order valence-electron chi connectivity index (χ0n) is 21.7. The average Bonchev–Trinajstić information content (AvgIpc) is 3.17. The van der Waals surface area contributed by atoms with Crippen molar-refractivity contribution in [1.82, 2.24) is 10.3 Å². The number of fused-ring (bicyclic) bond motifs is 1. The predicted molar refractivity (Wildman–Crippen MR) is 148 cm³/mol. The molecule has 0 amide bonds. The Kier molecular flexibility index (Phi) is 8.10. The average molecular weight is 479 g/mol. The van der Waals surface area contributed by atoms with Gasteiger partial charge in [0.1, 0.15) is 23.1 Å². The normalized spacial score (nSPS) is 13.4. The first-order valence-electron chi connectivity index (χ1n) is 12.2. The maximum absolute atomic E-state index is 14.0. The largest absolute Gasteiger partial charge is 0.381 e. The van der Waals surface area contributed by atoms with Crippen molar-refractivity contribution >= 4 is 28.6 Å². The van der Waals surface area contributed by atoms with E-state index in [9.17, 15) is 4.39 Å². The number of rotatable bonds is 12. The van der Waals surface area contributed by atoms with Crippen molar-refractivity contribution in [2.75, 3.05) is 27.4 Å². The lowest BCUT2D eigenvalue weighted by Crippen LogP contribution is -2.38. The van der Waals surface area contributed by atoms with Gasteiger partial charge in [0, 0.05) is 18.3 Å². The monoisotopic (exact) mass is 478 g/mol. The molecule has 0 fully saturated rings. The Labute approximate surface area is 209 Å². The summed E-state index contributed by atoms with van der Waals surface area (Å²) in [6.45, 7) is 22.1. The third kappa shape index (κ3) is 6.56. The van der Waals surface area contributed by atoms with Gasteiger partial charge in [-0.05, 0) is 63.4 Å². The molecule has 1 aliphatic rings. The molecule has 1 atom stereocenters. The van der Waals surface area contributed by atoms with Crippen molar-refractivity contribution in [3.05, 3.63) is 73.0 Å². The minimum atomic E-state index is -1.35. The third-order valence-electron chi connectivity index (χ3n) is 5.96. The fraction of sp³-hybridized carbons (Fsp3) is 0.393. The summed E-state index contributed by atoms with van der Waals surface area (Å²) in [6.07, 6.45) is 2.97. The van der Waals surface area contributed by atoms with Crippen molar-refractivity contribution in [3.8, 4) is 0 Å². The molecule has 4 N–H and O–H groups in total. The van der Waals surface area contributed by atoms with E-state index in [2.05, 4.69) is 59.8 Å². The van der Waals surface area contributed by atoms with Crippen LogP contribution in [0.15, 0.2) is 61.7 Å². The zero-order chi connectivity index (χ0) is 25.8. The SMILES string of the molecule is C=C1Nc2ccc(NC(=C)N(c3nc(C(=C)NCC(C)(C)F)ccc3C)C(CC)CCC)cc2N1. The minimum Gasteiger partial charge on any atom is -0.381 e. The standard InChI is InChI=1S/C28H39FN6/c1-9-11-23(10-2)35(21(6)33-22-13-15-25-26(16-22)32-20(5)31-25)27-18(3)12-14-24(34-27)19(4)30-17-28(7,8)29/h12-16,23,30-33H,4-6,9-11,17H2,1-3,7-8H3. The Bertz CT molecular complexity index is 1100. The van der Waals surface area contributed by atoms with Crippen LogP contribution in [0.25, 0.3) is 5.70 Å². The number of pyridine rings is 1. The molecule has 0 saturated heterocycles. The first-order chi connectivity index (χ1) is 16.5. The van der Waals surface area contributed by atoms with E-state index in [0.717, 1.165) is 59.3 Å². The van der Waals surface area contributed by atoms with Crippen molar-refractivity contribution in [1.29, 1.82) is 0 Å². The number of hydrogen-bond donors (Lipinski definition) is 4. The summed E-state index contributed by atoms with van der Waals surface area (Å²) in [7, 11) is 0. The van der Waals surface area contributed by atoms with Crippen LogP contribution in [0.4, 0.5) is 27.3 Å². The van der Waals surface area contributed by atoms with Crippen molar-refractivity contribution in [3.63, 3.8) is 0 Å². The highest BCUT2D eigenvalue weighted by Gasteiger charge is 2.24. The lowest BCUT2D eigenvalue weighted by molar-refractivity contribution is 0.219. The Hall–Kier alpha value is -3.48. The second-order valence-corrected chi connectivity index (χ2v) is 9.67. The molecule has 7 heteroatoms. The Morgan fingerprint density at radius 3 is 2.51 bits per heavy atom. The van der Waals surface area contributed by atoms with E-state index in [1.165, 1.54) is 13.8 Å². The number of anilines is 4. The molecule has 188 valence electrons. The number of hydrogen-bond acceptors (Lipinski definition) is 6. The Morgan fingerprint density at radius 2 is 1.86 bits per heavy atom. The summed E-state index contributed by atoms with van der Waals surface area (Å²) in [5.41, 5.74) is 3.84. The van der Waals surface area contributed by atoms with Gasteiger partial charge in [-0.3, -0.25) is 0 Å². The second-order valence-electron chi connectivity index (χ2n) is 9.67. The number of nitrogens with zero attached hydrogens (tertiary/aromatic N) is 2. The van der Waals surface area contributed by atoms with Crippen LogP contribution in [0.2, 0.25) is 0 Å².